The second-order valence-electron chi connectivity index (χ2n) is 5.19. The van der Waals surface area contributed by atoms with Gasteiger partial charge in [0.2, 0.25) is 0 Å². The molecule has 6 heteroatoms. The predicted molar refractivity (Wildman–Crippen MR) is 86.1 cm³/mol. The van der Waals surface area contributed by atoms with Crippen molar-refractivity contribution in [2.75, 3.05) is 13.2 Å². The van der Waals surface area contributed by atoms with Crippen molar-refractivity contribution >= 4 is 11.6 Å². The van der Waals surface area contributed by atoms with Gasteiger partial charge in [-0.05, 0) is 24.1 Å². The highest BCUT2D eigenvalue weighted by atomic mass is 16.6. The molecule has 1 N–H and O–H groups in total. The maximum atomic E-state index is 12.7. The number of hydrogen-bond acceptors (Lipinski definition) is 4. The fourth-order valence-electron chi connectivity index (χ4n) is 2.35. The highest BCUT2D eigenvalue weighted by molar-refractivity contribution is 5.95. The second kappa shape index (κ2) is 7.51. The molecule has 0 fully saturated rings. The number of aliphatic hydroxyl groups is 1. The topological polar surface area (TPSA) is 83.7 Å². The van der Waals surface area contributed by atoms with Gasteiger partial charge in [-0.15, -0.1) is 0 Å². The highest BCUT2D eigenvalue weighted by Gasteiger charge is 2.19. The van der Waals surface area contributed by atoms with Crippen molar-refractivity contribution in [2.24, 2.45) is 0 Å². The van der Waals surface area contributed by atoms with Crippen LogP contribution < -0.4 is 0 Å². The summed E-state index contributed by atoms with van der Waals surface area (Å²) in [5.74, 6) is -0.254. The van der Waals surface area contributed by atoms with E-state index in [4.69, 9.17) is 0 Å². The summed E-state index contributed by atoms with van der Waals surface area (Å²) in [6, 6.07) is 13.6. The van der Waals surface area contributed by atoms with Crippen molar-refractivity contribution in [1.29, 1.82) is 0 Å². The lowest BCUT2D eigenvalue weighted by molar-refractivity contribution is -0.384. The molecule has 0 heterocycles. The number of nitro benzene ring substituents is 1. The molecule has 0 aliphatic heterocycles. The molecule has 2 rings (SSSR count). The van der Waals surface area contributed by atoms with E-state index in [1.54, 1.807) is 6.92 Å². The number of nitro groups is 1. The summed E-state index contributed by atoms with van der Waals surface area (Å²) < 4.78 is 0. The van der Waals surface area contributed by atoms with E-state index in [2.05, 4.69) is 0 Å². The van der Waals surface area contributed by atoms with E-state index < -0.39 is 4.92 Å². The molecule has 2 aromatic carbocycles. The molecule has 6 nitrogen and oxygen atoms in total. The lowest BCUT2D eigenvalue weighted by Gasteiger charge is -2.22. The molecular formula is C17H18N2O4. The van der Waals surface area contributed by atoms with Crippen molar-refractivity contribution in [3.8, 4) is 0 Å². The van der Waals surface area contributed by atoms with Gasteiger partial charge in [0.15, 0.2) is 0 Å². The molecule has 1 amide bonds. The summed E-state index contributed by atoms with van der Waals surface area (Å²) in [5, 5.41) is 20.0. The van der Waals surface area contributed by atoms with E-state index in [0.29, 0.717) is 17.7 Å². The molecule has 0 atom stereocenters. The Balaban J connectivity index is 2.25. The minimum absolute atomic E-state index is 0.0455. The zero-order valence-corrected chi connectivity index (χ0v) is 12.8. The van der Waals surface area contributed by atoms with Crippen molar-refractivity contribution in [3.63, 3.8) is 0 Å². The van der Waals surface area contributed by atoms with Gasteiger partial charge in [-0.25, -0.2) is 0 Å². The third kappa shape index (κ3) is 4.14. The standard InChI is InChI=1S/C17H18N2O4/c1-13-11-15(19(22)23)7-8-16(13)17(21)18(9-10-20)12-14-5-3-2-4-6-14/h2-8,11,20H,9-10,12H2,1H3. The normalized spacial score (nSPS) is 10.3. The number of rotatable bonds is 6. The van der Waals surface area contributed by atoms with Gasteiger partial charge in [0.1, 0.15) is 0 Å². The van der Waals surface area contributed by atoms with Gasteiger partial charge in [0.25, 0.3) is 11.6 Å². The number of carbonyl (C=O) groups is 1. The monoisotopic (exact) mass is 314 g/mol. The van der Waals surface area contributed by atoms with Crippen LogP contribution in [0.4, 0.5) is 5.69 Å². The summed E-state index contributed by atoms with van der Waals surface area (Å²) in [6.45, 7) is 2.09. The van der Waals surface area contributed by atoms with Gasteiger partial charge in [0, 0.05) is 30.8 Å². The van der Waals surface area contributed by atoms with E-state index >= 15 is 0 Å². The van der Waals surface area contributed by atoms with Crippen molar-refractivity contribution in [2.45, 2.75) is 13.5 Å². The quantitative estimate of drug-likeness (QED) is 0.656. The minimum Gasteiger partial charge on any atom is -0.395 e. The lowest BCUT2D eigenvalue weighted by atomic mass is 10.1. The Morgan fingerprint density at radius 2 is 1.91 bits per heavy atom. The number of hydrogen-bond donors (Lipinski definition) is 1. The summed E-state index contributed by atoms with van der Waals surface area (Å²) in [7, 11) is 0. The molecule has 0 aromatic heterocycles. The highest BCUT2D eigenvalue weighted by Crippen LogP contribution is 2.19. The molecule has 0 radical (unpaired) electrons. The van der Waals surface area contributed by atoms with Crippen LogP contribution in [-0.4, -0.2) is 34.0 Å². The molecule has 0 spiro atoms. The molecular weight excluding hydrogens is 296 g/mol. The third-order valence-corrected chi connectivity index (χ3v) is 3.52. The van der Waals surface area contributed by atoms with Crippen LogP contribution in [0.15, 0.2) is 48.5 Å². The van der Waals surface area contributed by atoms with Crippen LogP contribution in [0, 0.1) is 17.0 Å². The molecule has 0 saturated carbocycles. The summed E-state index contributed by atoms with van der Waals surface area (Å²) in [4.78, 5) is 24.5. The molecule has 0 aliphatic carbocycles. The Kier molecular flexibility index (Phi) is 5.43. The van der Waals surface area contributed by atoms with E-state index in [1.165, 1.54) is 23.1 Å². The van der Waals surface area contributed by atoms with E-state index in [0.717, 1.165) is 5.56 Å². The van der Waals surface area contributed by atoms with Gasteiger partial charge in [-0.1, -0.05) is 30.3 Å². The molecule has 0 bridgehead atoms. The third-order valence-electron chi connectivity index (χ3n) is 3.52. The first-order chi connectivity index (χ1) is 11.0. The number of nitrogens with zero attached hydrogens (tertiary/aromatic N) is 2. The Hall–Kier alpha value is -2.73. The number of aliphatic hydroxyl groups excluding tert-OH is 1. The number of non-ortho nitro benzene ring substituents is 1. The Bertz CT molecular complexity index is 701. The average Bonchev–Trinajstić information content (AvgIpc) is 2.54. The van der Waals surface area contributed by atoms with Crippen LogP contribution in [0.2, 0.25) is 0 Å². The maximum Gasteiger partial charge on any atom is 0.269 e. The largest absolute Gasteiger partial charge is 0.395 e. The zero-order chi connectivity index (χ0) is 16.8. The van der Waals surface area contributed by atoms with Crippen molar-refractivity contribution < 1.29 is 14.8 Å². The second-order valence-corrected chi connectivity index (χ2v) is 5.19. The number of carbonyl (C=O) groups excluding carboxylic acids is 1. The molecule has 0 aliphatic rings. The van der Waals surface area contributed by atoms with Crippen LogP contribution in [-0.2, 0) is 6.54 Å². The molecule has 23 heavy (non-hydrogen) atoms. The summed E-state index contributed by atoms with van der Waals surface area (Å²) >= 11 is 0. The van der Waals surface area contributed by atoms with Crippen LogP contribution in [0.25, 0.3) is 0 Å². The molecule has 2 aromatic rings. The van der Waals surface area contributed by atoms with E-state index in [9.17, 15) is 20.0 Å². The van der Waals surface area contributed by atoms with Gasteiger partial charge in [-0.3, -0.25) is 14.9 Å². The van der Waals surface area contributed by atoms with Gasteiger partial charge < -0.3 is 10.0 Å². The van der Waals surface area contributed by atoms with Crippen molar-refractivity contribution in [3.05, 3.63) is 75.3 Å². The van der Waals surface area contributed by atoms with Gasteiger partial charge in [-0.2, -0.15) is 0 Å². The first-order valence-electron chi connectivity index (χ1n) is 7.22. The molecule has 0 saturated heterocycles. The average molecular weight is 314 g/mol. The number of aryl methyl sites for hydroxylation is 1. The zero-order valence-electron chi connectivity index (χ0n) is 12.8. The summed E-state index contributed by atoms with van der Waals surface area (Å²) in [6.07, 6.45) is 0. The summed E-state index contributed by atoms with van der Waals surface area (Å²) in [5.41, 5.74) is 1.85. The van der Waals surface area contributed by atoms with E-state index in [-0.39, 0.29) is 24.7 Å². The van der Waals surface area contributed by atoms with E-state index in [1.807, 2.05) is 30.3 Å². The number of amides is 1. The van der Waals surface area contributed by atoms with Gasteiger partial charge in [0.05, 0.1) is 11.5 Å². The van der Waals surface area contributed by atoms with Crippen LogP contribution in [0.5, 0.6) is 0 Å². The van der Waals surface area contributed by atoms with Crippen LogP contribution in [0.1, 0.15) is 21.5 Å². The fourth-order valence-corrected chi connectivity index (χ4v) is 2.35. The number of benzene rings is 2. The smallest absolute Gasteiger partial charge is 0.269 e. The predicted octanol–water partition coefficient (Wildman–Crippen LogP) is 2.54. The van der Waals surface area contributed by atoms with Gasteiger partial charge >= 0.3 is 0 Å². The SMILES string of the molecule is Cc1cc([N+](=O)[O-])ccc1C(=O)N(CCO)Cc1ccccc1. The van der Waals surface area contributed by atoms with Crippen molar-refractivity contribution in [1.82, 2.24) is 4.90 Å². The lowest BCUT2D eigenvalue weighted by Crippen LogP contribution is -2.33. The fraction of sp³-hybridized carbons (Fsp3) is 0.235. The minimum atomic E-state index is -0.489. The molecule has 120 valence electrons. The first-order valence-corrected chi connectivity index (χ1v) is 7.22. The Morgan fingerprint density at radius 1 is 1.22 bits per heavy atom. The van der Waals surface area contributed by atoms with Crippen LogP contribution >= 0.6 is 0 Å². The maximum absolute atomic E-state index is 12.7. The Morgan fingerprint density at radius 3 is 2.48 bits per heavy atom. The molecule has 0 unspecified atom stereocenters. The first kappa shape index (κ1) is 16.6. The Labute approximate surface area is 134 Å². The van der Waals surface area contributed by atoms with Crippen LogP contribution in [0.3, 0.4) is 0 Å².